The van der Waals surface area contributed by atoms with Crippen LogP contribution < -0.4 is 10.1 Å². The van der Waals surface area contributed by atoms with Gasteiger partial charge in [-0.3, -0.25) is 9.59 Å². The van der Waals surface area contributed by atoms with E-state index in [-0.39, 0.29) is 23.7 Å². The molecule has 0 spiro atoms. The van der Waals surface area contributed by atoms with Crippen molar-refractivity contribution in [3.8, 4) is 5.75 Å². The lowest BCUT2D eigenvalue weighted by Crippen LogP contribution is -2.11. The van der Waals surface area contributed by atoms with Crippen LogP contribution in [0.1, 0.15) is 64.5 Å². The molecule has 0 unspecified atom stereocenters. The number of rotatable bonds is 4. The van der Waals surface area contributed by atoms with Gasteiger partial charge in [0.1, 0.15) is 5.75 Å². The highest BCUT2D eigenvalue weighted by Gasteiger charge is 2.19. The van der Waals surface area contributed by atoms with Gasteiger partial charge in [-0.25, -0.2) is 0 Å². The van der Waals surface area contributed by atoms with Crippen molar-refractivity contribution in [3.63, 3.8) is 0 Å². The normalized spacial score (nSPS) is 10.8. The number of amides is 1. The van der Waals surface area contributed by atoms with Crippen molar-refractivity contribution in [2.45, 2.75) is 53.4 Å². The largest absolute Gasteiger partial charge is 0.426 e. The zero-order valence-electron chi connectivity index (χ0n) is 13.0. The van der Waals surface area contributed by atoms with Crippen LogP contribution >= 0.6 is 0 Å². The van der Waals surface area contributed by atoms with Gasteiger partial charge in [-0.2, -0.15) is 0 Å². The molecule has 0 heterocycles. The number of carbonyl (C=O) groups excluding carboxylic acids is 2. The first-order valence-electron chi connectivity index (χ1n) is 6.86. The Balaban J connectivity index is 3.45. The fourth-order valence-corrected chi connectivity index (χ4v) is 2.07. The highest BCUT2D eigenvalue weighted by atomic mass is 16.5. The molecular weight excluding hydrogens is 254 g/mol. The maximum atomic E-state index is 11.3. The lowest BCUT2D eigenvalue weighted by atomic mass is 9.93. The summed E-state index contributed by atoms with van der Waals surface area (Å²) in [6, 6.07) is 3.74. The van der Waals surface area contributed by atoms with Gasteiger partial charge in [0.25, 0.3) is 0 Å². The Labute approximate surface area is 120 Å². The Morgan fingerprint density at radius 1 is 1.00 bits per heavy atom. The highest BCUT2D eigenvalue weighted by Crippen LogP contribution is 2.37. The van der Waals surface area contributed by atoms with Crippen LogP contribution in [0, 0.1) is 0 Å². The minimum absolute atomic E-state index is 0.116. The van der Waals surface area contributed by atoms with Crippen LogP contribution in [0.25, 0.3) is 0 Å². The van der Waals surface area contributed by atoms with Crippen LogP contribution in [0.15, 0.2) is 12.1 Å². The van der Waals surface area contributed by atoms with E-state index in [1.807, 2.05) is 39.8 Å². The molecule has 1 amide bonds. The minimum atomic E-state index is -0.332. The van der Waals surface area contributed by atoms with Crippen LogP contribution in [-0.4, -0.2) is 11.9 Å². The van der Waals surface area contributed by atoms with Gasteiger partial charge < -0.3 is 10.1 Å². The summed E-state index contributed by atoms with van der Waals surface area (Å²) in [5.41, 5.74) is 2.59. The van der Waals surface area contributed by atoms with Crippen LogP contribution in [0.2, 0.25) is 0 Å². The molecule has 0 radical (unpaired) electrons. The second-order valence-electron chi connectivity index (χ2n) is 5.57. The maximum absolute atomic E-state index is 11.3. The number of carbonyl (C=O) groups is 2. The summed E-state index contributed by atoms with van der Waals surface area (Å²) in [5, 5.41) is 2.80. The van der Waals surface area contributed by atoms with Gasteiger partial charge in [0, 0.05) is 19.5 Å². The molecule has 0 fully saturated rings. The van der Waals surface area contributed by atoms with Gasteiger partial charge in [0.05, 0.1) is 0 Å². The molecule has 0 saturated heterocycles. The third-order valence-electron chi connectivity index (χ3n) is 2.96. The molecule has 0 aliphatic carbocycles. The molecule has 110 valence electrons. The summed E-state index contributed by atoms with van der Waals surface area (Å²) >= 11 is 0. The molecule has 4 nitrogen and oxygen atoms in total. The predicted octanol–water partition coefficient (Wildman–Crippen LogP) is 3.82. The number of benzene rings is 1. The topological polar surface area (TPSA) is 55.4 Å². The standard InChI is InChI=1S/C16H23NO3/c1-9(2)14-7-13(17-11(5)18)8-15(10(3)4)16(14)20-12(6)19/h7-10H,1-6H3,(H,17,18). The van der Waals surface area contributed by atoms with Crippen LogP contribution in [0.5, 0.6) is 5.75 Å². The molecule has 0 aliphatic heterocycles. The number of esters is 1. The van der Waals surface area contributed by atoms with E-state index in [0.29, 0.717) is 5.75 Å². The van der Waals surface area contributed by atoms with E-state index < -0.39 is 0 Å². The Kier molecular flexibility index (Phi) is 5.31. The molecule has 0 atom stereocenters. The molecule has 0 bridgehead atoms. The fraction of sp³-hybridized carbons (Fsp3) is 0.500. The summed E-state index contributed by atoms with van der Waals surface area (Å²) in [5.74, 6) is 0.554. The average Bonchev–Trinajstić information content (AvgIpc) is 2.28. The zero-order valence-corrected chi connectivity index (χ0v) is 13.0. The number of hydrogen-bond acceptors (Lipinski definition) is 3. The molecule has 20 heavy (non-hydrogen) atoms. The molecular formula is C16H23NO3. The molecule has 0 aromatic heterocycles. The maximum Gasteiger partial charge on any atom is 0.308 e. The monoisotopic (exact) mass is 277 g/mol. The van der Waals surface area contributed by atoms with Crippen molar-refractivity contribution in [2.75, 3.05) is 5.32 Å². The summed E-state index contributed by atoms with van der Waals surface area (Å²) in [4.78, 5) is 22.6. The minimum Gasteiger partial charge on any atom is -0.426 e. The van der Waals surface area contributed by atoms with Crippen molar-refractivity contribution >= 4 is 17.6 Å². The van der Waals surface area contributed by atoms with Crippen molar-refractivity contribution in [1.29, 1.82) is 0 Å². The van der Waals surface area contributed by atoms with E-state index >= 15 is 0 Å². The Hall–Kier alpha value is -1.84. The summed E-state index contributed by atoms with van der Waals surface area (Å²) in [6.45, 7) is 11.0. The smallest absolute Gasteiger partial charge is 0.308 e. The first-order valence-corrected chi connectivity index (χ1v) is 6.86. The highest BCUT2D eigenvalue weighted by molar-refractivity contribution is 5.89. The fourth-order valence-electron chi connectivity index (χ4n) is 2.07. The molecule has 1 rings (SSSR count). The number of hydrogen-bond donors (Lipinski definition) is 1. The third-order valence-corrected chi connectivity index (χ3v) is 2.96. The van der Waals surface area contributed by atoms with Crippen LogP contribution in [0.4, 0.5) is 5.69 Å². The second-order valence-corrected chi connectivity index (χ2v) is 5.57. The van der Waals surface area contributed by atoms with E-state index in [2.05, 4.69) is 5.32 Å². The van der Waals surface area contributed by atoms with E-state index in [1.54, 1.807) is 0 Å². The zero-order chi connectivity index (χ0) is 15.4. The van der Waals surface area contributed by atoms with Gasteiger partial charge in [0.15, 0.2) is 0 Å². The number of anilines is 1. The Morgan fingerprint density at radius 2 is 1.45 bits per heavy atom. The summed E-state index contributed by atoms with van der Waals surface area (Å²) in [7, 11) is 0. The van der Waals surface area contributed by atoms with Crippen LogP contribution in [0.3, 0.4) is 0 Å². The summed E-state index contributed by atoms with van der Waals surface area (Å²) < 4.78 is 5.41. The third kappa shape index (κ3) is 4.08. The van der Waals surface area contributed by atoms with Gasteiger partial charge in [-0.1, -0.05) is 27.7 Å². The molecule has 0 aliphatic rings. The van der Waals surface area contributed by atoms with Crippen LogP contribution in [-0.2, 0) is 9.59 Å². The molecule has 1 N–H and O–H groups in total. The first kappa shape index (κ1) is 16.2. The van der Waals surface area contributed by atoms with Crippen molar-refractivity contribution in [3.05, 3.63) is 23.3 Å². The van der Waals surface area contributed by atoms with E-state index in [0.717, 1.165) is 16.8 Å². The van der Waals surface area contributed by atoms with Gasteiger partial charge in [-0.15, -0.1) is 0 Å². The molecule has 1 aromatic rings. The number of ether oxygens (including phenoxy) is 1. The molecule has 0 saturated carbocycles. The van der Waals surface area contributed by atoms with E-state index in [9.17, 15) is 9.59 Å². The van der Waals surface area contributed by atoms with Gasteiger partial charge >= 0.3 is 5.97 Å². The van der Waals surface area contributed by atoms with E-state index in [4.69, 9.17) is 4.74 Å². The number of nitrogens with one attached hydrogen (secondary N) is 1. The predicted molar refractivity (Wildman–Crippen MR) is 80.2 cm³/mol. The van der Waals surface area contributed by atoms with E-state index in [1.165, 1.54) is 13.8 Å². The van der Waals surface area contributed by atoms with Crippen molar-refractivity contribution in [1.82, 2.24) is 0 Å². The van der Waals surface area contributed by atoms with Gasteiger partial charge in [-0.05, 0) is 35.1 Å². The van der Waals surface area contributed by atoms with Crippen molar-refractivity contribution in [2.24, 2.45) is 0 Å². The SMILES string of the molecule is CC(=O)Nc1cc(C(C)C)c(OC(C)=O)c(C(C)C)c1. The average molecular weight is 277 g/mol. The second kappa shape index (κ2) is 6.55. The van der Waals surface area contributed by atoms with Crippen molar-refractivity contribution < 1.29 is 14.3 Å². The molecule has 1 aromatic carbocycles. The molecule has 4 heteroatoms. The summed E-state index contributed by atoms with van der Waals surface area (Å²) in [6.07, 6.45) is 0. The van der Waals surface area contributed by atoms with Gasteiger partial charge in [0.2, 0.25) is 5.91 Å². The Morgan fingerprint density at radius 3 is 1.75 bits per heavy atom. The first-order chi connectivity index (χ1) is 9.22. The Bertz CT molecular complexity index is 489. The lowest BCUT2D eigenvalue weighted by molar-refractivity contribution is -0.132. The quantitative estimate of drug-likeness (QED) is 0.672. The lowest BCUT2D eigenvalue weighted by Gasteiger charge is -2.20.